The summed E-state index contributed by atoms with van der Waals surface area (Å²) >= 11 is 1.33. The molecule has 2 aliphatic rings. The molecule has 0 spiro atoms. The van der Waals surface area contributed by atoms with Crippen molar-refractivity contribution in [3.8, 4) is 34.4 Å². The van der Waals surface area contributed by atoms with Crippen molar-refractivity contribution in [3.63, 3.8) is 0 Å². The third-order valence-corrected chi connectivity index (χ3v) is 5.89. The number of hydrogen-bond donors (Lipinski definition) is 1. The van der Waals surface area contributed by atoms with E-state index in [0.717, 1.165) is 5.56 Å². The Morgan fingerprint density at radius 2 is 1.67 bits per heavy atom. The van der Waals surface area contributed by atoms with Crippen molar-refractivity contribution >= 4 is 23.4 Å². The summed E-state index contributed by atoms with van der Waals surface area (Å²) in [7, 11) is 1.87. The number of ether oxygens (including phenoxy) is 4. The molecule has 3 aromatic rings. The summed E-state index contributed by atoms with van der Waals surface area (Å²) in [6.45, 7) is 2.23. The second-order valence-corrected chi connectivity index (χ2v) is 8.06. The van der Waals surface area contributed by atoms with E-state index in [9.17, 15) is 4.79 Å². The van der Waals surface area contributed by atoms with E-state index in [0.29, 0.717) is 39.7 Å². The van der Waals surface area contributed by atoms with E-state index in [4.69, 9.17) is 18.9 Å². The van der Waals surface area contributed by atoms with Gasteiger partial charge >= 0.3 is 0 Å². The Balaban J connectivity index is 1.28. The first kappa shape index (κ1) is 18.6. The van der Waals surface area contributed by atoms with Gasteiger partial charge in [0.2, 0.25) is 19.5 Å². The molecular weight excluding hydrogens is 408 g/mol. The number of hydrogen-bond acceptors (Lipinski definition) is 8. The lowest BCUT2D eigenvalue weighted by Gasteiger charge is -2.12. The van der Waals surface area contributed by atoms with Crippen LogP contribution < -0.4 is 24.3 Å². The molecule has 154 valence electrons. The predicted molar refractivity (Wildman–Crippen MR) is 109 cm³/mol. The van der Waals surface area contributed by atoms with E-state index in [-0.39, 0.29) is 24.7 Å². The highest BCUT2D eigenvalue weighted by Crippen LogP contribution is 2.37. The average molecular weight is 426 g/mol. The number of rotatable bonds is 5. The molecular formula is C20H18N4O5S. The SMILES string of the molecule is C[C@@H](Sc1nnc(-c2ccc3c(c2)OCO3)n1C)C(=O)Nc1ccc2c(c1)OCO2. The Labute approximate surface area is 176 Å². The number of anilines is 1. The molecule has 30 heavy (non-hydrogen) atoms. The topological polar surface area (TPSA) is 96.7 Å². The lowest BCUT2D eigenvalue weighted by atomic mass is 10.2. The molecule has 0 saturated heterocycles. The number of fused-ring (bicyclic) bond motifs is 2. The number of aromatic nitrogens is 3. The van der Waals surface area contributed by atoms with E-state index >= 15 is 0 Å². The van der Waals surface area contributed by atoms with Gasteiger partial charge in [-0.25, -0.2) is 0 Å². The average Bonchev–Trinajstić information content (AvgIpc) is 3.47. The van der Waals surface area contributed by atoms with Crippen molar-refractivity contribution in [1.29, 1.82) is 0 Å². The number of nitrogens with zero attached hydrogens (tertiary/aromatic N) is 3. The molecule has 3 heterocycles. The van der Waals surface area contributed by atoms with Crippen molar-refractivity contribution < 1.29 is 23.7 Å². The third-order valence-electron chi connectivity index (χ3n) is 4.76. The highest BCUT2D eigenvalue weighted by Gasteiger charge is 2.22. The van der Waals surface area contributed by atoms with Gasteiger partial charge in [-0.2, -0.15) is 0 Å². The van der Waals surface area contributed by atoms with Gasteiger partial charge < -0.3 is 28.8 Å². The van der Waals surface area contributed by atoms with Crippen molar-refractivity contribution in [3.05, 3.63) is 36.4 Å². The molecule has 1 aromatic heterocycles. The first-order valence-electron chi connectivity index (χ1n) is 9.25. The quantitative estimate of drug-likeness (QED) is 0.622. The Morgan fingerprint density at radius 3 is 2.43 bits per heavy atom. The number of thioether (sulfide) groups is 1. The third kappa shape index (κ3) is 3.39. The number of carbonyl (C=O) groups excluding carboxylic acids is 1. The molecule has 2 aliphatic heterocycles. The van der Waals surface area contributed by atoms with Crippen LogP contribution in [-0.2, 0) is 11.8 Å². The maximum atomic E-state index is 12.6. The van der Waals surface area contributed by atoms with Gasteiger partial charge in [-0.15, -0.1) is 10.2 Å². The second kappa shape index (κ2) is 7.45. The van der Waals surface area contributed by atoms with Gasteiger partial charge in [0.05, 0.1) is 5.25 Å². The molecule has 1 amide bonds. The minimum absolute atomic E-state index is 0.147. The molecule has 0 saturated carbocycles. The van der Waals surface area contributed by atoms with Crippen LogP contribution in [0.15, 0.2) is 41.6 Å². The fraction of sp³-hybridized carbons (Fsp3) is 0.250. The van der Waals surface area contributed by atoms with Crippen LogP contribution in [0.5, 0.6) is 23.0 Å². The van der Waals surface area contributed by atoms with Crippen LogP contribution in [0.1, 0.15) is 6.92 Å². The number of carbonyl (C=O) groups is 1. The number of amides is 1. The molecule has 5 rings (SSSR count). The van der Waals surface area contributed by atoms with Crippen LogP contribution in [0.4, 0.5) is 5.69 Å². The first-order valence-corrected chi connectivity index (χ1v) is 10.1. The Hall–Kier alpha value is -3.40. The largest absolute Gasteiger partial charge is 0.454 e. The van der Waals surface area contributed by atoms with Crippen LogP contribution in [0, 0.1) is 0 Å². The number of benzene rings is 2. The predicted octanol–water partition coefficient (Wildman–Crippen LogP) is 3.06. The minimum Gasteiger partial charge on any atom is -0.454 e. The summed E-state index contributed by atoms with van der Waals surface area (Å²) in [6, 6.07) is 10.9. The van der Waals surface area contributed by atoms with Gasteiger partial charge in [-0.1, -0.05) is 11.8 Å². The molecule has 0 unspecified atom stereocenters. The van der Waals surface area contributed by atoms with Crippen LogP contribution in [0.25, 0.3) is 11.4 Å². The summed E-state index contributed by atoms with van der Waals surface area (Å²) < 4.78 is 23.3. The molecule has 1 N–H and O–H groups in total. The molecule has 0 aliphatic carbocycles. The highest BCUT2D eigenvalue weighted by atomic mass is 32.2. The summed E-state index contributed by atoms with van der Waals surface area (Å²) in [4.78, 5) is 12.6. The first-order chi connectivity index (χ1) is 14.6. The van der Waals surface area contributed by atoms with Gasteiger partial charge in [0.1, 0.15) is 0 Å². The summed E-state index contributed by atoms with van der Waals surface area (Å²) in [6.07, 6.45) is 0. The standard InChI is InChI=1S/C20H18N4O5S/c1-11(19(25)21-13-4-6-15-17(8-13)29-10-27-15)30-20-23-22-18(24(20)2)12-3-5-14-16(7-12)28-9-26-14/h3-8,11H,9-10H2,1-2H3,(H,21,25)/t11-/m1/s1. The highest BCUT2D eigenvalue weighted by molar-refractivity contribution is 8.00. The second-order valence-electron chi connectivity index (χ2n) is 6.75. The Morgan fingerprint density at radius 1 is 1.00 bits per heavy atom. The van der Waals surface area contributed by atoms with E-state index in [1.165, 1.54) is 11.8 Å². The van der Waals surface area contributed by atoms with Crippen LogP contribution in [0.3, 0.4) is 0 Å². The van der Waals surface area contributed by atoms with Crippen molar-refractivity contribution in [2.24, 2.45) is 7.05 Å². The van der Waals surface area contributed by atoms with Crippen molar-refractivity contribution in [2.75, 3.05) is 18.9 Å². The van der Waals surface area contributed by atoms with Crippen LogP contribution >= 0.6 is 11.8 Å². The fourth-order valence-electron chi connectivity index (χ4n) is 3.13. The Kier molecular flexibility index (Phi) is 4.62. The number of nitrogens with one attached hydrogen (secondary N) is 1. The van der Waals surface area contributed by atoms with Crippen LogP contribution in [0.2, 0.25) is 0 Å². The smallest absolute Gasteiger partial charge is 0.237 e. The zero-order chi connectivity index (χ0) is 20.7. The molecule has 0 bridgehead atoms. The summed E-state index contributed by atoms with van der Waals surface area (Å²) in [5.41, 5.74) is 1.51. The molecule has 1 atom stereocenters. The maximum Gasteiger partial charge on any atom is 0.237 e. The van der Waals surface area contributed by atoms with Gasteiger partial charge in [0.15, 0.2) is 34.0 Å². The summed E-state index contributed by atoms with van der Waals surface area (Å²) in [5.74, 6) is 3.22. The Bertz CT molecular complexity index is 1130. The molecule has 10 heteroatoms. The molecule has 2 aromatic carbocycles. The zero-order valence-electron chi connectivity index (χ0n) is 16.2. The van der Waals surface area contributed by atoms with Gasteiger partial charge in [0, 0.05) is 24.4 Å². The molecule has 0 fully saturated rings. The van der Waals surface area contributed by atoms with E-state index in [1.807, 2.05) is 36.7 Å². The maximum absolute atomic E-state index is 12.6. The normalized spacial score (nSPS) is 14.6. The minimum atomic E-state index is -0.386. The van der Waals surface area contributed by atoms with Crippen LogP contribution in [-0.4, -0.2) is 39.5 Å². The lowest BCUT2D eigenvalue weighted by molar-refractivity contribution is -0.115. The van der Waals surface area contributed by atoms with Crippen molar-refractivity contribution in [1.82, 2.24) is 14.8 Å². The summed E-state index contributed by atoms with van der Waals surface area (Å²) in [5, 5.41) is 11.7. The zero-order valence-corrected chi connectivity index (χ0v) is 17.1. The van der Waals surface area contributed by atoms with Gasteiger partial charge in [0.25, 0.3) is 0 Å². The van der Waals surface area contributed by atoms with Gasteiger partial charge in [-0.05, 0) is 37.3 Å². The van der Waals surface area contributed by atoms with Gasteiger partial charge in [-0.3, -0.25) is 4.79 Å². The lowest BCUT2D eigenvalue weighted by Crippen LogP contribution is -2.22. The fourth-order valence-corrected chi connectivity index (χ4v) is 3.95. The van der Waals surface area contributed by atoms with E-state index < -0.39 is 0 Å². The van der Waals surface area contributed by atoms with Crippen molar-refractivity contribution in [2.45, 2.75) is 17.3 Å². The monoisotopic (exact) mass is 426 g/mol. The molecule has 0 radical (unpaired) electrons. The molecule has 9 nitrogen and oxygen atoms in total. The van der Waals surface area contributed by atoms with E-state index in [2.05, 4.69) is 15.5 Å². The van der Waals surface area contributed by atoms with E-state index in [1.54, 1.807) is 18.2 Å².